The summed E-state index contributed by atoms with van der Waals surface area (Å²) >= 11 is 1.85. The van der Waals surface area contributed by atoms with Crippen LogP contribution in [0, 0.1) is 6.92 Å². The second-order valence-corrected chi connectivity index (χ2v) is 8.14. The summed E-state index contributed by atoms with van der Waals surface area (Å²) in [6.07, 6.45) is 0. The predicted octanol–water partition coefficient (Wildman–Crippen LogP) is 2.07. The fourth-order valence-corrected chi connectivity index (χ4v) is 4.04. The van der Waals surface area contributed by atoms with E-state index in [1.165, 1.54) is 16.7 Å². The molecule has 1 heterocycles. The van der Waals surface area contributed by atoms with Crippen molar-refractivity contribution >= 4 is 17.7 Å². The number of ether oxygens (including phenoxy) is 1. The van der Waals surface area contributed by atoms with E-state index in [2.05, 4.69) is 48.6 Å². The molecule has 0 aliphatic carbocycles. The Bertz CT molecular complexity index is 727. The van der Waals surface area contributed by atoms with E-state index in [1.807, 2.05) is 23.9 Å². The number of hydrogen-bond acceptors (Lipinski definition) is 3. The van der Waals surface area contributed by atoms with E-state index in [4.69, 9.17) is 4.74 Å². The zero-order valence-corrected chi connectivity index (χ0v) is 16.8. The fourth-order valence-electron chi connectivity index (χ4n) is 3.23. The van der Waals surface area contributed by atoms with Crippen molar-refractivity contribution in [2.75, 3.05) is 38.6 Å². The van der Waals surface area contributed by atoms with Gasteiger partial charge in [-0.05, 0) is 24.6 Å². The molecule has 0 saturated carbocycles. The van der Waals surface area contributed by atoms with Crippen LogP contribution in [-0.4, -0.2) is 44.5 Å². The van der Waals surface area contributed by atoms with Crippen LogP contribution < -0.4 is 10.2 Å². The predicted molar refractivity (Wildman–Crippen MR) is 111 cm³/mol. The van der Waals surface area contributed by atoms with Crippen molar-refractivity contribution in [2.24, 2.45) is 0 Å². The third-order valence-corrected chi connectivity index (χ3v) is 5.78. The zero-order valence-electron chi connectivity index (χ0n) is 16.0. The van der Waals surface area contributed by atoms with Gasteiger partial charge in [0, 0.05) is 29.2 Å². The number of quaternary nitrogens is 1. The molecule has 5 heteroatoms. The van der Waals surface area contributed by atoms with Crippen molar-refractivity contribution in [2.45, 2.75) is 19.2 Å². The summed E-state index contributed by atoms with van der Waals surface area (Å²) in [5, 5.41) is 3.02. The van der Waals surface area contributed by atoms with Crippen molar-refractivity contribution in [1.82, 2.24) is 5.32 Å². The lowest BCUT2D eigenvalue weighted by atomic mass is 10.1. The third-order valence-electron chi connectivity index (χ3n) is 4.75. The average Bonchev–Trinajstić information content (AvgIpc) is 2.69. The number of carbonyl (C=O) groups is 1. The molecule has 27 heavy (non-hydrogen) atoms. The molecule has 1 saturated heterocycles. The van der Waals surface area contributed by atoms with Crippen molar-refractivity contribution in [3.63, 3.8) is 0 Å². The lowest BCUT2D eigenvalue weighted by Gasteiger charge is -2.23. The molecular formula is C22H29N2O2S+. The van der Waals surface area contributed by atoms with Crippen LogP contribution in [0.2, 0.25) is 0 Å². The number of thioether (sulfide) groups is 1. The number of amides is 1. The highest BCUT2D eigenvalue weighted by molar-refractivity contribution is 7.98. The molecule has 0 aromatic heterocycles. The summed E-state index contributed by atoms with van der Waals surface area (Å²) in [5.74, 6) is 1.91. The Morgan fingerprint density at radius 2 is 1.89 bits per heavy atom. The van der Waals surface area contributed by atoms with Gasteiger partial charge in [0.2, 0.25) is 0 Å². The standard InChI is InChI=1S/C22H28N2O2S/c1-18-3-2-4-20(15-18)17-27-14-9-23-22(25)21-7-5-19(6-8-21)16-24-10-12-26-13-11-24/h2-8,15H,9-14,16-17H2,1H3,(H,23,25)/p+1. The number of hydrogen-bond donors (Lipinski definition) is 2. The molecule has 2 N–H and O–H groups in total. The molecule has 144 valence electrons. The second-order valence-electron chi connectivity index (χ2n) is 7.03. The van der Waals surface area contributed by atoms with Crippen LogP contribution in [0.4, 0.5) is 0 Å². The lowest BCUT2D eigenvalue weighted by molar-refractivity contribution is -0.921. The molecule has 0 spiro atoms. The smallest absolute Gasteiger partial charge is 0.251 e. The highest BCUT2D eigenvalue weighted by atomic mass is 32.2. The van der Waals surface area contributed by atoms with Crippen LogP contribution in [0.1, 0.15) is 27.0 Å². The maximum absolute atomic E-state index is 12.3. The van der Waals surface area contributed by atoms with Crippen LogP contribution in [0.5, 0.6) is 0 Å². The SMILES string of the molecule is Cc1cccc(CSCCNC(=O)c2ccc(C[NH+]3CCOCC3)cc2)c1. The molecular weight excluding hydrogens is 356 g/mol. The van der Waals surface area contributed by atoms with Gasteiger partial charge in [-0.1, -0.05) is 42.0 Å². The number of morpholine rings is 1. The highest BCUT2D eigenvalue weighted by Crippen LogP contribution is 2.13. The monoisotopic (exact) mass is 385 g/mol. The molecule has 0 radical (unpaired) electrons. The van der Waals surface area contributed by atoms with E-state index in [-0.39, 0.29) is 5.91 Å². The Hall–Kier alpha value is -1.82. The number of benzene rings is 2. The Kier molecular flexibility index (Phi) is 7.75. The van der Waals surface area contributed by atoms with Gasteiger partial charge < -0.3 is 15.0 Å². The van der Waals surface area contributed by atoms with Crippen LogP contribution >= 0.6 is 11.8 Å². The molecule has 1 aliphatic heterocycles. The molecule has 0 bridgehead atoms. The third kappa shape index (κ3) is 6.69. The van der Waals surface area contributed by atoms with E-state index >= 15 is 0 Å². The Morgan fingerprint density at radius 3 is 2.63 bits per heavy atom. The highest BCUT2D eigenvalue weighted by Gasteiger charge is 2.14. The Labute approximate surface area is 166 Å². The van der Waals surface area contributed by atoms with Gasteiger partial charge in [-0.3, -0.25) is 4.79 Å². The first-order valence-corrected chi connectivity index (χ1v) is 10.8. The molecule has 2 aromatic carbocycles. The van der Waals surface area contributed by atoms with Crippen molar-refractivity contribution in [1.29, 1.82) is 0 Å². The number of nitrogens with one attached hydrogen (secondary N) is 2. The minimum Gasteiger partial charge on any atom is -0.370 e. The average molecular weight is 386 g/mol. The Balaban J connectivity index is 1.36. The minimum atomic E-state index is 0.0106. The topological polar surface area (TPSA) is 42.8 Å². The van der Waals surface area contributed by atoms with Gasteiger partial charge in [0.25, 0.3) is 5.91 Å². The number of carbonyl (C=O) groups excluding carboxylic acids is 1. The van der Waals surface area contributed by atoms with E-state index in [9.17, 15) is 4.79 Å². The molecule has 2 aromatic rings. The van der Waals surface area contributed by atoms with Crippen molar-refractivity contribution in [3.8, 4) is 0 Å². The maximum Gasteiger partial charge on any atom is 0.251 e. The fraction of sp³-hybridized carbons (Fsp3) is 0.409. The van der Waals surface area contributed by atoms with Gasteiger partial charge in [0.1, 0.15) is 19.6 Å². The van der Waals surface area contributed by atoms with Crippen LogP contribution in [0.3, 0.4) is 0 Å². The number of rotatable bonds is 8. The summed E-state index contributed by atoms with van der Waals surface area (Å²) < 4.78 is 5.40. The van der Waals surface area contributed by atoms with Crippen LogP contribution in [0.15, 0.2) is 48.5 Å². The Morgan fingerprint density at radius 1 is 1.11 bits per heavy atom. The maximum atomic E-state index is 12.3. The van der Waals surface area contributed by atoms with Gasteiger partial charge in [-0.25, -0.2) is 0 Å². The van der Waals surface area contributed by atoms with Crippen LogP contribution in [-0.2, 0) is 17.0 Å². The van der Waals surface area contributed by atoms with Gasteiger partial charge in [0.15, 0.2) is 0 Å². The molecule has 1 amide bonds. The summed E-state index contributed by atoms with van der Waals surface area (Å²) in [5.41, 5.74) is 4.64. The van der Waals surface area contributed by atoms with Crippen molar-refractivity contribution in [3.05, 3.63) is 70.8 Å². The largest absolute Gasteiger partial charge is 0.370 e. The van der Waals surface area contributed by atoms with E-state index < -0.39 is 0 Å². The summed E-state index contributed by atoms with van der Waals surface area (Å²) in [6.45, 7) is 7.61. The van der Waals surface area contributed by atoms with Gasteiger partial charge >= 0.3 is 0 Å². The first-order chi connectivity index (χ1) is 13.2. The summed E-state index contributed by atoms with van der Waals surface area (Å²) in [7, 11) is 0. The van der Waals surface area contributed by atoms with Gasteiger partial charge in [-0.15, -0.1) is 0 Å². The molecule has 0 unspecified atom stereocenters. The van der Waals surface area contributed by atoms with Gasteiger partial charge in [0.05, 0.1) is 13.2 Å². The van der Waals surface area contributed by atoms with Crippen molar-refractivity contribution < 1.29 is 14.4 Å². The molecule has 3 rings (SSSR count). The van der Waals surface area contributed by atoms with E-state index in [0.29, 0.717) is 6.54 Å². The summed E-state index contributed by atoms with van der Waals surface area (Å²) in [4.78, 5) is 13.8. The molecule has 1 aliphatic rings. The van der Waals surface area contributed by atoms with E-state index in [1.54, 1.807) is 4.90 Å². The minimum absolute atomic E-state index is 0.0106. The summed E-state index contributed by atoms with van der Waals surface area (Å²) in [6, 6.07) is 16.6. The van der Waals surface area contributed by atoms with E-state index in [0.717, 1.165) is 49.9 Å². The molecule has 0 atom stereocenters. The van der Waals surface area contributed by atoms with Gasteiger partial charge in [-0.2, -0.15) is 11.8 Å². The molecule has 1 fully saturated rings. The zero-order chi connectivity index (χ0) is 18.9. The second kappa shape index (κ2) is 10.5. The molecule has 4 nitrogen and oxygen atoms in total. The first kappa shape index (κ1) is 19.9. The quantitative estimate of drug-likeness (QED) is 0.684. The lowest BCUT2D eigenvalue weighted by Crippen LogP contribution is -3.12. The normalized spacial score (nSPS) is 14.9. The van der Waals surface area contributed by atoms with Crippen LogP contribution in [0.25, 0.3) is 0 Å². The number of aryl methyl sites for hydroxylation is 1. The first-order valence-electron chi connectivity index (χ1n) is 9.62.